The minimum atomic E-state index is -5.35. The Morgan fingerprint density at radius 1 is 1.18 bits per heavy atom. The highest BCUT2D eigenvalue weighted by Crippen LogP contribution is 2.25. The van der Waals surface area contributed by atoms with Crippen LogP contribution in [0.15, 0.2) is 35.2 Å². The number of alkyl halides is 3. The van der Waals surface area contributed by atoms with Crippen LogP contribution in [0.1, 0.15) is 6.42 Å². The lowest BCUT2D eigenvalue weighted by atomic mass is 10.2. The lowest BCUT2D eigenvalue weighted by Gasteiger charge is -2.31. The van der Waals surface area contributed by atoms with E-state index in [4.69, 9.17) is 0 Å². The Bertz CT molecular complexity index is 631. The Kier molecular flexibility index (Phi) is 4.58. The maximum Gasteiger partial charge on any atom is 0.542 e. The van der Waals surface area contributed by atoms with E-state index < -0.39 is 32.0 Å². The molecule has 0 unspecified atom stereocenters. The number of halogens is 3. The number of sulfonamides is 1. The summed E-state index contributed by atoms with van der Waals surface area (Å²) in [7, 11) is -4.83. The van der Waals surface area contributed by atoms with Crippen molar-refractivity contribution in [2.45, 2.75) is 17.7 Å². The minimum absolute atomic E-state index is 0.268. The number of carbonyl (C=O) groups excluding carboxylic acids is 1. The molecule has 1 amide bonds. The lowest BCUT2D eigenvalue weighted by molar-refractivity contribution is -0.446. The molecule has 7 nitrogen and oxygen atoms in total. The zero-order valence-corrected chi connectivity index (χ0v) is 11.8. The maximum atomic E-state index is 12.4. The molecule has 0 aromatic heterocycles. The van der Waals surface area contributed by atoms with Crippen LogP contribution in [-0.4, -0.2) is 43.5 Å². The first-order valence-corrected chi connectivity index (χ1v) is 7.47. The van der Waals surface area contributed by atoms with E-state index in [2.05, 4.69) is 9.68 Å². The summed E-state index contributed by atoms with van der Waals surface area (Å²) in [5, 5.41) is 0. The van der Waals surface area contributed by atoms with Crippen molar-refractivity contribution in [1.29, 1.82) is 0 Å². The Morgan fingerprint density at radius 3 is 2.23 bits per heavy atom. The molecule has 1 aliphatic rings. The Morgan fingerprint density at radius 2 is 1.77 bits per heavy atom. The molecule has 0 spiro atoms. The van der Waals surface area contributed by atoms with Crippen LogP contribution in [0.2, 0.25) is 0 Å². The molecule has 0 saturated carbocycles. The molecular formula is C11H11F3N2O5S. The average molecular weight is 340 g/mol. The van der Waals surface area contributed by atoms with Crippen LogP contribution in [-0.2, 0) is 19.7 Å². The van der Waals surface area contributed by atoms with Gasteiger partial charge in [0.1, 0.15) is 4.63 Å². The Balaban J connectivity index is 2.25. The highest BCUT2D eigenvalue weighted by Gasteiger charge is 2.43. The van der Waals surface area contributed by atoms with Crippen LogP contribution < -0.4 is 0 Å². The number of carbonyl (C=O) groups is 1. The van der Waals surface area contributed by atoms with Gasteiger partial charge in [-0.1, -0.05) is 18.2 Å². The number of likely N-dealkylation sites (tertiary alicyclic amines) is 1. The molecule has 0 N–H and O–H groups in total. The summed E-state index contributed by atoms with van der Waals surface area (Å²) in [5.74, 6) is 0. The van der Waals surface area contributed by atoms with Gasteiger partial charge in [0.25, 0.3) is 10.0 Å². The number of hydrogen-bond acceptors (Lipinski definition) is 5. The predicted molar refractivity (Wildman–Crippen MR) is 65.3 cm³/mol. The molecule has 122 valence electrons. The van der Waals surface area contributed by atoms with Gasteiger partial charge in [-0.3, -0.25) is 0 Å². The molecule has 0 radical (unpaired) electrons. The van der Waals surface area contributed by atoms with Gasteiger partial charge in [0.05, 0.1) is 4.90 Å². The number of hydrogen-bond donors (Lipinski definition) is 0. The first kappa shape index (κ1) is 16.5. The summed E-state index contributed by atoms with van der Waals surface area (Å²) in [6.45, 7) is 0.536. The van der Waals surface area contributed by atoms with Crippen LogP contribution in [0.4, 0.5) is 18.0 Å². The molecule has 1 aromatic rings. The number of nitrogens with zero attached hydrogens (tertiary/aromatic N) is 2. The summed E-state index contributed by atoms with van der Waals surface area (Å²) in [6.07, 6.45) is -5.94. The third-order valence-corrected chi connectivity index (χ3v) is 4.09. The topological polar surface area (TPSA) is 76.1 Å². The molecule has 1 aromatic carbocycles. The predicted octanol–water partition coefficient (Wildman–Crippen LogP) is 1.89. The van der Waals surface area contributed by atoms with Crippen molar-refractivity contribution in [3.8, 4) is 0 Å². The van der Waals surface area contributed by atoms with Crippen LogP contribution in [0.5, 0.6) is 0 Å². The molecule has 2 rings (SSSR count). The first-order chi connectivity index (χ1) is 10.2. The van der Waals surface area contributed by atoms with Crippen LogP contribution in [0.25, 0.3) is 0 Å². The van der Waals surface area contributed by atoms with Crippen molar-refractivity contribution in [1.82, 2.24) is 9.53 Å². The van der Waals surface area contributed by atoms with Gasteiger partial charge < -0.3 is 9.74 Å². The zero-order valence-electron chi connectivity index (χ0n) is 11.0. The molecular weight excluding hydrogens is 329 g/mol. The highest BCUT2D eigenvalue weighted by molar-refractivity contribution is 7.88. The van der Waals surface area contributed by atoms with E-state index in [1.54, 1.807) is 0 Å². The monoisotopic (exact) mass is 340 g/mol. The van der Waals surface area contributed by atoms with Crippen molar-refractivity contribution in [3.05, 3.63) is 30.3 Å². The maximum absolute atomic E-state index is 12.4. The van der Waals surface area contributed by atoms with Crippen molar-refractivity contribution >= 4 is 16.1 Å². The third kappa shape index (κ3) is 3.87. The van der Waals surface area contributed by atoms with E-state index in [0.29, 0.717) is 6.42 Å². The summed E-state index contributed by atoms with van der Waals surface area (Å²) in [4.78, 5) is 19.6. The van der Waals surface area contributed by atoms with Crippen LogP contribution >= 0.6 is 0 Å². The van der Waals surface area contributed by atoms with Crippen LogP contribution in [0.3, 0.4) is 0 Å². The van der Waals surface area contributed by atoms with E-state index in [-0.39, 0.29) is 13.1 Å². The quantitative estimate of drug-likeness (QED) is 0.783. The van der Waals surface area contributed by atoms with E-state index in [1.165, 1.54) is 18.2 Å². The average Bonchev–Trinajstić information content (AvgIpc) is 2.35. The first-order valence-electron chi connectivity index (χ1n) is 6.03. The van der Waals surface area contributed by atoms with Crippen LogP contribution in [0, 0.1) is 0 Å². The fourth-order valence-electron chi connectivity index (χ4n) is 1.50. The molecule has 0 aliphatic carbocycles. The molecule has 1 aliphatic heterocycles. The van der Waals surface area contributed by atoms with E-state index in [0.717, 1.165) is 17.0 Å². The lowest BCUT2D eigenvalue weighted by Crippen LogP contribution is -2.47. The fraction of sp³-hybridized carbons (Fsp3) is 0.364. The van der Waals surface area contributed by atoms with Crippen molar-refractivity contribution in [2.75, 3.05) is 13.1 Å². The highest BCUT2D eigenvalue weighted by atomic mass is 32.2. The third-order valence-electron chi connectivity index (χ3n) is 2.68. The number of rotatable bonds is 4. The second-order valence-electron chi connectivity index (χ2n) is 4.25. The molecule has 0 bridgehead atoms. The summed E-state index contributed by atoms with van der Waals surface area (Å²) < 4.78 is 60.4. The standard InChI is InChI=1S/C11H11F3N2O5S/c12-11(13,14)21-16(20-10(17)15-7-4-8-15)22(18,19)9-5-2-1-3-6-9/h1-3,5-6H,4,7-8H2. The SMILES string of the molecule is O=C(ON(OC(F)(F)F)S(=O)(=O)c1ccccc1)N1CCC1. The normalized spacial score (nSPS) is 15.5. The van der Waals surface area contributed by atoms with E-state index in [1.807, 2.05) is 0 Å². The smallest absolute Gasteiger partial charge is 0.308 e. The molecule has 0 atom stereocenters. The van der Waals surface area contributed by atoms with E-state index >= 15 is 0 Å². The molecule has 11 heteroatoms. The summed E-state index contributed by atoms with van der Waals surface area (Å²) in [6, 6.07) is 6.16. The van der Waals surface area contributed by atoms with Gasteiger partial charge in [-0.2, -0.15) is 0 Å². The molecule has 22 heavy (non-hydrogen) atoms. The zero-order chi connectivity index (χ0) is 16.4. The summed E-state index contributed by atoms with van der Waals surface area (Å²) >= 11 is 0. The van der Waals surface area contributed by atoms with Gasteiger partial charge in [-0.15, -0.1) is 18.0 Å². The second kappa shape index (κ2) is 6.10. The minimum Gasteiger partial charge on any atom is -0.308 e. The van der Waals surface area contributed by atoms with Crippen molar-refractivity contribution < 1.29 is 36.1 Å². The van der Waals surface area contributed by atoms with Gasteiger partial charge in [0, 0.05) is 13.1 Å². The molecule has 1 fully saturated rings. The van der Waals surface area contributed by atoms with Gasteiger partial charge in [-0.25, -0.2) is 13.2 Å². The van der Waals surface area contributed by atoms with Gasteiger partial charge >= 0.3 is 12.5 Å². The van der Waals surface area contributed by atoms with Gasteiger partial charge in [0.2, 0.25) is 0 Å². The Labute approximate surface area is 123 Å². The van der Waals surface area contributed by atoms with Gasteiger partial charge in [-0.05, 0) is 18.6 Å². The Hall–Kier alpha value is -1.85. The number of benzene rings is 1. The molecule has 1 saturated heterocycles. The van der Waals surface area contributed by atoms with Gasteiger partial charge in [0.15, 0.2) is 0 Å². The van der Waals surface area contributed by atoms with Crippen molar-refractivity contribution in [3.63, 3.8) is 0 Å². The molecule has 1 heterocycles. The van der Waals surface area contributed by atoms with E-state index in [9.17, 15) is 26.4 Å². The fourth-order valence-corrected chi connectivity index (χ4v) is 2.52. The number of amides is 1. The largest absolute Gasteiger partial charge is 0.542 e. The second-order valence-corrected chi connectivity index (χ2v) is 5.97. The summed E-state index contributed by atoms with van der Waals surface area (Å²) in [5.41, 5.74) is 0. The van der Waals surface area contributed by atoms with Crippen molar-refractivity contribution in [2.24, 2.45) is 0 Å².